The number of hydrogen-bond donors (Lipinski definition) is 0. The fourth-order valence-electron chi connectivity index (χ4n) is 2.79. The van der Waals surface area contributed by atoms with E-state index in [4.69, 9.17) is 0 Å². The van der Waals surface area contributed by atoms with E-state index < -0.39 is 0 Å². The van der Waals surface area contributed by atoms with Crippen LogP contribution in [0.1, 0.15) is 26.7 Å². The summed E-state index contributed by atoms with van der Waals surface area (Å²) in [4.78, 5) is 16.6. The summed E-state index contributed by atoms with van der Waals surface area (Å²) >= 11 is 0. The van der Waals surface area contributed by atoms with E-state index in [1.807, 2.05) is 44.3 Å². The van der Waals surface area contributed by atoms with Crippen LogP contribution in [0.5, 0.6) is 0 Å². The average Bonchev–Trinajstić information content (AvgIpc) is 2.46. The minimum atomic E-state index is -0.0343. The average molecular weight is 260 g/mol. The molecule has 0 radical (unpaired) electrons. The summed E-state index contributed by atoms with van der Waals surface area (Å²) in [6.45, 7) is 6.37. The van der Waals surface area contributed by atoms with Crippen LogP contribution in [-0.2, 0) is 4.79 Å². The Balaban J connectivity index is 2.02. The zero-order valence-corrected chi connectivity index (χ0v) is 12.2. The molecule has 3 nitrogen and oxygen atoms in total. The molecule has 1 aliphatic rings. The molecule has 1 fully saturated rings. The Hall–Kier alpha value is -1.35. The maximum Gasteiger partial charge on any atom is 0.243 e. The number of rotatable bonds is 3. The third kappa shape index (κ3) is 3.35. The number of likely N-dealkylation sites (N-methyl/N-ethyl adjacent to an activating group) is 1. The molecule has 2 rings (SSSR count). The van der Waals surface area contributed by atoms with Crippen LogP contribution >= 0.6 is 0 Å². The number of benzene rings is 1. The number of hydrogen-bond acceptors (Lipinski definition) is 2. The van der Waals surface area contributed by atoms with E-state index in [9.17, 15) is 4.79 Å². The fraction of sp³-hybridized carbons (Fsp3) is 0.562. The molecule has 1 saturated heterocycles. The van der Waals surface area contributed by atoms with Crippen molar-refractivity contribution in [3.8, 4) is 0 Å². The molecule has 1 heterocycles. The summed E-state index contributed by atoms with van der Waals surface area (Å²) in [6.07, 6.45) is 2.49. The lowest BCUT2D eigenvalue weighted by Gasteiger charge is -2.36. The normalized spacial score (nSPS) is 21.9. The van der Waals surface area contributed by atoms with Gasteiger partial charge in [0.1, 0.15) is 0 Å². The van der Waals surface area contributed by atoms with E-state index in [0.29, 0.717) is 5.92 Å². The number of nitrogens with zero attached hydrogens (tertiary/aromatic N) is 2. The third-order valence-corrected chi connectivity index (χ3v) is 4.07. The van der Waals surface area contributed by atoms with Gasteiger partial charge in [0, 0.05) is 19.3 Å². The maximum absolute atomic E-state index is 12.5. The van der Waals surface area contributed by atoms with Crippen molar-refractivity contribution < 1.29 is 4.79 Å². The molecule has 0 aliphatic carbocycles. The van der Waals surface area contributed by atoms with Gasteiger partial charge in [-0.2, -0.15) is 0 Å². The molecule has 1 aliphatic heterocycles. The molecule has 0 bridgehead atoms. The largest absolute Gasteiger partial charge is 0.314 e. The second-order valence-electron chi connectivity index (χ2n) is 5.65. The molecular weight excluding hydrogens is 236 g/mol. The first kappa shape index (κ1) is 14.1. The van der Waals surface area contributed by atoms with E-state index in [2.05, 4.69) is 11.8 Å². The quantitative estimate of drug-likeness (QED) is 0.834. The summed E-state index contributed by atoms with van der Waals surface area (Å²) in [5.74, 6) is 0.881. The highest BCUT2D eigenvalue weighted by Crippen LogP contribution is 2.20. The first-order valence-electron chi connectivity index (χ1n) is 7.16. The van der Waals surface area contributed by atoms with E-state index in [1.54, 1.807) is 4.90 Å². The number of para-hydroxylation sites is 1. The number of carbonyl (C=O) groups excluding carboxylic acids is 1. The molecule has 2 atom stereocenters. The Bertz CT molecular complexity index is 418. The Labute approximate surface area is 116 Å². The summed E-state index contributed by atoms with van der Waals surface area (Å²) in [5.41, 5.74) is 0.962. The molecule has 1 amide bonds. The number of anilines is 1. The molecular formula is C16H24N2O. The monoisotopic (exact) mass is 260 g/mol. The van der Waals surface area contributed by atoms with Gasteiger partial charge in [0.15, 0.2) is 0 Å². The molecule has 104 valence electrons. The lowest BCUT2D eigenvalue weighted by molar-refractivity contribution is -0.123. The van der Waals surface area contributed by atoms with Crippen LogP contribution in [-0.4, -0.2) is 37.0 Å². The van der Waals surface area contributed by atoms with E-state index in [1.165, 1.54) is 12.8 Å². The topological polar surface area (TPSA) is 23.6 Å². The maximum atomic E-state index is 12.5. The predicted molar refractivity (Wildman–Crippen MR) is 79.3 cm³/mol. The minimum absolute atomic E-state index is 0.0343. The molecule has 1 aromatic carbocycles. The van der Waals surface area contributed by atoms with E-state index in [-0.39, 0.29) is 11.9 Å². The van der Waals surface area contributed by atoms with Crippen molar-refractivity contribution in [3.05, 3.63) is 30.3 Å². The van der Waals surface area contributed by atoms with Crippen molar-refractivity contribution in [1.29, 1.82) is 0 Å². The van der Waals surface area contributed by atoms with Crippen LogP contribution in [0.25, 0.3) is 0 Å². The van der Waals surface area contributed by atoms with E-state index >= 15 is 0 Å². The van der Waals surface area contributed by atoms with Gasteiger partial charge in [-0.1, -0.05) is 25.1 Å². The third-order valence-electron chi connectivity index (χ3n) is 4.07. The van der Waals surface area contributed by atoms with Gasteiger partial charge in [0.05, 0.1) is 6.04 Å². The Morgan fingerprint density at radius 2 is 2.05 bits per heavy atom. The van der Waals surface area contributed by atoms with Crippen LogP contribution < -0.4 is 4.90 Å². The van der Waals surface area contributed by atoms with Crippen LogP contribution in [0, 0.1) is 5.92 Å². The van der Waals surface area contributed by atoms with E-state index in [0.717, 1.165) is 18.8 Å². The van der Waals surface area contributed by atoms with Crippen molar-refractivity contribution in [3.63, 3.8) is 0 Å². The van der Waals surface area contributed by atoms with Crippen LogP contribution in [0.4, 0.5) is 5.69 Å². The smallest absolute Gasteiger partial charge is 0.243 e. The Morgan fingerprint density at radius 3 is 2.68 bits per heavy atom. The van der Waals surface area contributed by atoms with Gasteiger partial charge in [-0.15, -0.1) is 0 Å². The SMILES string of the molecule is CC1CCCN(C(C)C(=O)N(C)c2ccccc2)C1. The van der Waals surface area contributed by atoms with Gasteiger partial charge < -0.3 is 4.90 Å². The number of piperidine rings is 1. The highest BCUT2D eigenvalue weighted by Gasteiger charge is 2.27. The molecule has 0 N–H and O–H groups in total. The lowest BCUT2D eigenvalue weighted by Crippen LogP contribution is -2.49. The van der Waals surface area contributed by atoms with Gasteiger partial charge in [-0.25, -0.2) is 0 Å². The zero-order valence-electron chi connectivity index (χ0n) is 12.2. The Kier molecular flexibility index (Phi) is 4.59. The molecule has 19 heavy (non-hydrogen) atoms. The number of likely N-dealkylation sites (tertiary alicyclic amines) is 1. The van der Waals surface area contributed by atoms with Crippen molar-refractivity contribution in [2.75, 3.05) is 25.0 Å². The second-order valence-corrected chi connectivity index (χ2v) is 5.65. The summed E-state index contributed by atoms with van der Waals surface area (Å²) < 4.78 is 0. The summed E-state index contributed by atoms with van der Waals surface area (Å²) in [6, 6.07) is 9.82. The van der Waals surface area contributed by atoms with Gasteiger partial charge in [0.25, 0.3) is 0 Å². The first-order valence-corrected chi connectivity index (χ1v) is 7.16. The van der Waals surface area contributed by atoms with Crippen molar-refractivity contribution in [2.45, 2.75) is 32.7 Å². The van der Waals surface area contributed by atoms with Crippen molar-refractivity contribution in [2.24, 2.45) is 5.92 Å². The molecule has 0 aromatic heterocycles. The van der Waals surface area contributed by atoms with Gasteiger partial charge in [0.2, 0.25) is 5.91 Å². The molecule has 0 spiro atoms. The summed E-state index contributed by atoms with van der Waals surface area (Å²) in [5, 5.41) is 0. The van der Waals surface area contributed by atoms with Gasteiger partial charge >= 0.3 is 0 Å². The highest BCUT2D eigenvalue weighted by molar-refractivity contribution is 5.96. The Morgan fingerprint density at radius 1 is 1.37 bits per heavy atom. The van der Waals surface area contributed by atoms with Crippen LogP contribution in [0.3, 0.4) is 0 Å². The standard InChI is InChI=1S/C16H24N2O/c1-13-8-7-11-18(12-13)14(2)16(19)17(3)15-9-5-4-6-10-15/h4-6,9-10,13-14H,7-8,11-12H2,1-3H3. The highest BCUT2D eigenvalue weighted by atomic mass is 16.2. The number of amides is 1. The van der Waals surface area contributed by atoms with Gasteiger partial charge in [-0.05, 0) is 44.4 Å². The zero-order chi connectivity index (χ0) is 13.8. The molecule has 3 heteroatoms. The molecule has 1 aromatic rings. The molecule has 2 unspecified atom stereocenters. The minimum Gasteiger partial charge on any atom is -0.314 e. The first-order chi connectivity index (χ1) is 9.09. The fourth-order valence-corrected chi connectivity index (χ4v) is 2.79. The second kappa shape index (κ2) is 6.20. The van der Waals surface area contributed by atoms with Crippen molar-refractivity contribution >= 4 is 11.6 Å². The van der Waals surface area contributed by atoms with Crippen LogP contribution in [0.15, 0.2) is 30.3 Å². The lowest BCUT2D eigenvalue weighted by atomic mass is 9.99. The number of carbonyl (C=O) groups is 1. The molecule has 0 saturated carbocycles. The van der Waals surface area contributed by atoms with Crippen molar-refractivity contribution in [1.82, 2.24) is 4.90 Å². The van der Waals surface area contributed by atoms with Gasteiger partial charge in [-0.3, -0.25) is 9.69 Å². The summed E-state index contributed by atoms with van der Waals surface area (Å²) in [7, 11) is 1.86. The predicted octanol–water partition coefficient (Wildman–Crippen LogP) is 2.77. The van der Waals surface area contributed by atoms with Crippen LogP contribution in [0.2, 0.25) is 0 Å².